The second kappa shape index (κ2) is 10.5. The summed E-state index contributed by atoms with van der Waals surface area (Å²) in [5, 5.41) is 3.60. The molecule has 1 saturated heterocycles. The zero-order valence-electron chi connectivity index (χ0n) is 18.2. The molecule has 0 spiro atoms. The molecule has 1 fully saturated rings. The van der Waals surface area contributed by atoms with Crippen LogP contribution in [0, 0.1) is 20.8 Å². The van der Waals surface area contributed by atoms with Crippen molar-refractivity contribution >= 4 is 23.4 Å². The summed E-state index contributed by atoms with van der Waals surface area (Å²) >= 11 is 5.84. The normalized spacial score (nSPS) is 14.3. The number of carbonyl (C=O) groups is 2. The highest BCUT2D eigenvalue weighted by molar-refractivity contribution is 6.30. The first-order valence-corrected chi connectivity index (χ1v) is 10.9. The van der Waals surface area contributed by atoms with E-state index in [4.69, 9.17) is 21.1 Å². The standard InChI is InChI=1S/C24H29ClN2O4/c1-16-4-5-17(2)24(18(16)3)31-15-23(29)27-12-10-20(11-13-27)26-22(28)14-30-21-8-6-19(25)7-9-21/h4-9,20H,10-15H2,1-3H3,(H,26,28). The first kappa shape index (κ1) is 22.9. The number of piperidine rings is 1. The second-order valence-corrected chi connectivity index (χ2v) is 8.34. The SMILES string of the molecule is Cc1ccc(C)c(OCC(=O)N2CCC(NC(=O)COc3ccc(Cl)cc3)CC2)c1C. The number of amides is 2. The Morgan fingerprint density at radius 3 is 2.29 bits per heavy atom. The average molecular weight is 445 g/mol. The van der Waals surface area contributed by atoms with Gasteiger partial charge < -0.3 is 19.7 Å². The third-order valence-electron chi connectivity index (χ3n) is 5.61. The quantitative estimate of drug-likeness (QED) is 0.704. The van der Waals surface area contributed by atoms with Crippen molar-refractivity contribution in [3.8, 4) is 11.5 Å². The Bertz CT molecular complexity index is 922. The Hall–Kier alpha value is -2.73. The summed E-state index contributed by atoms with van der Waals surface area (Å²) in [4.78, 5) is 26.5. The molecule has 1 aliphatic heterocycles. The number of ether oxygens (including phenoxy) is 2. The van der Waals surface area contributed by atoms with E-state index in [0.717, 1.165) is 22.4 Å². The van der Waals surface area contributed by atoms with Gasteiger partial charge in [0, 0.05) is 24.2 Å². The number of halogens is 1. The third kappa shape index (κ3) is 6.37. The number of nitrogens with one attached hydrogen (secondary N) is 1. The van der Waals surface area contributed by atoms with Gasteiger partial charge in [-0.1, -0.05) is 23.7 Å². The lowest BCUT2D eigenvalue weighted by Crippen LogP contribution is -2.48. The fraction of sp³-hybridized carbons (Fsp3) is 0.417. The number of hydrogen-bond acceptors (Lipinski definition) is 4. The molecular formula is C24H29ClN2O4. The number of likely N-dealkylation sites (tertiary alicyclic amines) is 1. The topological polar surface area (TPSA) is 67.9 Å². The Kier molecular flexibility index (Phi) is 7.80. The van der Waals surface area contributed by atoms with Crippen LogP contribution in [0.5, 0.6) is 11.5 Å². The summed E-state index contributed by atoms with van der Waals surface area (Å²) < 4.78 is 11.3. The van der Waals surface area contributed by atoms with Gasteiger partial charge in [-0.15, -0.1) is 0 Å². The first-order chi connectivity index (χ1) is 14.8. The highest BCUT2D eigenvalue weighted by Gasteiger charge is 2.24. The van der Waals surface area contributed by atoms with Gasteiger partial charge in [0.25, 0.3) is 11.8 Å². The highest BCUT2D eigenvalue weighted by atomic mass is 35.5. The van der Waals surface area contributed by atoms with Gasteiger partial charge >= 0.3 is 0 Å². The summed E-state index contributed by atoms with van der Waals surface area (Å²) in [6.45, 7) is 7.18. The molecule has 0 unspecified atom stereocenters. The largest absolute Gasteiger partial charge is 0.484 e. The van der Waals surface area contributed by atoms with Gasteiger partial charge in [-0.3, -0.25) is 9.59 Å². The molecule has 2 aromatic rings. The van der Waals surface area contributed by atoms with E-state index < -0.39 is 0 Å². The lowest BCUT2D eigenvalue weighted by molar-refractivity contribution is -0.134. The highest BCUT2D eigenvalue weighted by Crippen LogP contribution is 2.26. The van der Waals surface area contributed by atoms with Gasteiger partial charge in [-0.05, 0) is 74.6 Å². The zero-order valence-corrected chi connectivity index (χ0v) is 19.0. The van der Waals surface area contributed by atoms with Crippen molar-refractivity contribution in [3.63, 3.8) is 0 Å². The predicted molar refractivity (Wildman–Crippen MR) is 121 cm³/mol. The minimum absolute atomic E-state index is 0.0249. The van der Waals surface area contributed by atoms with E-state index >= 15 is 0 Å². The molecule has 0 aromatic heterocycles. The predicted octanol–water partition coefficient (Wildman–Crippen LogP) is 3.83. The molecule has 2 aromatic carbocycles. The second-order valence-electron chi connectivity index (χ2n) is 7.91. The summed E-state index contributed by atoms with van der Waals surface area (Å²) in [5.74, 6) is 1.18. The van der Waals surface area contributed by atoms with E-state index in [1.54, 1.807) is 29.2 Å². The third-order valence-corrected chi connectivity index (χ3v) is 5.86. The molecular weight excluding hydrogens is 416 g/mol. The first-order valence-electron chi connectivity index (χ1n) is 10.5. The lowest BCUT2D eigenvalue weighted by Gasteiger charge is -2.32. The molecule has 3 rings (SSSR count). The van der Waals surface area contributed by atoms with Gasteiger partial charge in [-0.25, -0.2) is 0 Å². The number of hydrogen-bond donors (Lipinski definition) is 1. The van der Waals surface area contributed by atoms with Crippen molar-refractivity contribution in [2.24, 2.45) is 0 Å². The molecule has 0 aliphatic carbocycles. The minimum atomic E-state index is -0.173. The van der Waals surface area contributed by atoms with Crippen LogP contribution in [-0.4, -0.2) is 49.1 Å². The van der Waals surface area contributed by atoms with Crippen LogP contribution in [0.25, 0.3) is 0 Å². The van der Waals surface area contributed by atoms with Gasteiger partial charge in [0.15, 0.2) is 13.2 Å². The van der Waals surface area contributed by atoms with Crippen molar-refractivity contribution in [1.82, 2.24) is 10.2 Å². The van der Waals surface area contributed by atoms with Crippen LogP contribution in [0.15, 0.2) is 36.4 Å². The molecule has 1 aliphatic rings. The number of nitrogens with zero attached hydrogens (tertiary/aromatic N) is 1. The molecule has 1 N–H and O–H groups in total. The number of aryl methyl sites for hydroxylation is 2. The van der Waals surface area contributed by atoms with E-state index in [0.29, 0.717) is 36.7 Å². The molecule has 31 heavy (non-hydrogen) atoms. The lowest BCUT2D eigenvalue weighted by atomic mass is 10.0. The molecule has 0 saturated carbocycles. The fourth-order valence-electron chi connectivity index (χ4n) is 3.60. The van der Waals surface area contributed by atoms with Crippen LogP contribution in [-0.2, 0) is 9.59 Å². The summed E-state index contributed by atoms with van der Waals surface area (Å²) in [5.41, 5.74) is 3.23. The van der Waals surface area contributed by atoms with Crippen LogP contribution in [0.1, 0.15) is 29.5 Å². The van der Waals surface area contributed by atoms with Crippen molar-refractivity contribution in [3.05, 3.63) is 58.1 Å². The van der Waals surface area contributed by atoms with Gasteiger partial charge in [0.1, 0.15) is 11.5 Å². The Labute approximate surface area is 188 Å². The van der Waals surface area contributed by atoms with Crippen LogP contribution in [0.4, 0.5) is 0 Å². The maximum atomic E-state index is 12.6. The van der Waals surface area contributed by atoms with Gasteiger partial charge in [0.05, 0.1) is 0 Å². The molecule has 6 nitrogen and oxygen atoms in total. The van der Waals surface area contributed by atoms with E-state index in [9.17, 15) is 9.59 Å². The van der Waals surface area contributed by atoms with E-state index in [-0.39, 0.29) is 31.1 Å². The Morgan fingerprint density at radius 2 is 1.61 bits per heavy atom. The molecule has 1 heterocycles. The maximum Gasteiger partial charge on any atom is 0.260 e. The number of carbonyl (C=O) groups excluding carboxylic acids is 2. The number of rotatable bonds is 7. The minimum Gasteiger partial charge on any atom is -0.484 e. The molecule has 0 bridgehead atoms. The van der Waals surface area contributed by atoms with Crippen LogP contribution in [0.3, 0.4) is 0 Å². The average Bonchev–Trinajstić information content (AvgIpc) is 2.76. The Morgan fingerprint density at radius 1 is 0.968 bits per heavy atom. The van der Waals surface area contributed by atoms with E-state index in [2.05, 4.69) is 11.4 Å². The van der Waals surface area contributed by atoms with Crippen LogP contribution in [0.2, 0.25) is 5.02 Å². The van der Waals surface area contributed by atoms with Crippen molar-refractivity contribution in [2.45, 2.75) is 39.7 Å². The summed E-state index contributed by atoms with van der Waals surface area (Å²) in [6, 6.07) is 11.0. The van der Waals surface area contributed by atoms with Crippen molar-refractivity contribution < 1.29 is 19.1 Å². The van der Waals surface area contributed by atoms with Gasteiger partial charge in [-0.2, -0.15) is 0 Å². The van der Waals surface area contributed by atoms with Gasteiger partial charge in [0.2, 0.25) is 0 Å². The van der Waals surface area contributed by atoms with E-state index in [1.165, 1.54) is 0 Å². The van der Waals surface area contributed by atoms with Crippen molar-refractivity contribution in [2.75, 3.05) is 26.3 Å². The van der Waals surface area contributed by atoms with E-state index in [1.807, 2.05) is 26.8 Å². The molecule has 7 heteroatoms. The summed E-state index contributed by atoms with van der Waals surface area (Å²) in [6.07, 6.45) is 1.42. The fourth-order valence-corrected chi connectivity index (χ4v) is 3.72. The monoisotopic (exact) mass is 444 g/mol. The van der Waals surface area contributed by atoms with Crippen LogP contribution < -0.4 is 14.8 Å². The Balaban J connectivity index is 1.40. The molecule has 2 amide bonds. The van der Waals surface area contributed by atoms with Crippen LogP contribution >= 0.6 is 11.6 Å². The zero-order chi connectivity index (χ0) is 22.4. The molecule has 166 valence electrons. The summed E-state index contributed by atoms with van der Waals surface area (Å²) in [7, 11) is 0. The molecule has 0 atom stereocenters. The molecule has 0 radical (unpaired) electrons. The smallest absolute Gasteiger partial charge is 0.260 e. The maximum absolute atomic E-state index is 12.6. The van der Waals surface area contributed by atoms with Crippen molar-refractivity contribution in [1.29, 1.82) is 0 Å². The number of benzene rings is 2.